The van der Waals surface area contributed by atoms with Gasteiger partial charge in [0.25, 0.3) is 11.5 Å². The Kier molecular flexibility index (Phi) is 6.51. The molecule has 0 saturated heterocycles. The van der Waals surface area contributed by atoms with E-state index < -0.39 is 15.9 Å². The zero-order valence-electron chi connectivity index (χ0n) is 19.8. The highest BCUT2D eigenvalue weighted by Gasteiger charge is 2.19. The van der Waals surface area contributed by atoms with Crippen molar-refractivity contribution in [2.24, 2.45) is 0 Å². The summed E-state index contributed by atoms with van der Waals surface area (Å²) in [6, 6.07) is 17.8. The first-order chi connectivity index (χ1) is 16.6. The molecule has 35 heavy (non-hydrogen) atoms. The number of carbonyl (C=O) groups is 1. The number of aromatic amines is 1. The van der Waals surface area contributed by atoms with Crippen LogP contribution >= 0.6 is 0 Å². The number of nitrogens with one attached hydrogen (secondary N) is 2. The van der Waals surface area contributed by atoms with Crippen LogP contribution in [0.5, 0.6) is 5.75 Å². The fourth-order valence-electron chi connectivity index (χ4n) is 3.59. The van der Waals surface area contributed by atoms with Crippen molar-refractivity contribution in [2.75, 3.05) is 19.4 Å². The van der Waals surface area contributed by atoms with Crippen LogP contribution in [0.2, 0.25) is 0 Å². The largest absolute Gasteiger partial charge is 0.491 e. The molecule has 0 atom stereocenters. The van der Waals surface area contributed by atoms with Crippen LogP contribution in [0.15, 0.2) is 76.4 Å². The maximum Gasteiger partial charge on any atom is 0.272 e. The Hall–Kier alpha value is -3.89. The Bertz CT molecular complexity index is 1550. The number of fused-ring (bicyclic) bond motifs is 1. The lowest BCUT2D eigenvalue weighted by Crippen LogP contribution is -2.22. The van der Waals surface area contributed by atoms with Gasteiger partial charge in [-0.05, 0) is 68.4 Å². The monoisotopic (exact) mass is 494 g/mol. The van der Waals surface area contributed by atoms with Crippen LogP contribution in [0.3, 0.4) is 0 Å². The molecule has 0 unspecified atom stereocenters. The van der Waals surface area contributed by atoms with Gasteiger partial charge < -0.3 is 15.0 Å². The number of hydrogen-bond acceptors (Lipinski definition) is 5. The maximum absolute atomic E-state index is 13.0. The third-order valence-corrected chi connectivity index (χ3v) is 7.07. The molecule has 0 radical (unpaired) electrons. The third kappa shape index (κ3) is 4.98. The molecule has 0 fully saturated rings. The van der Waals surface area contributed by atoms with Gasteiger partial charge in [-0.15, -0.1) is 0 Å². The molecule has 2 heterocycles. The number of sulfonamides is 1. The zero-order chi connectivity index (χ0) is 25.3. The topological polar surface area (TPSA) is 114 Å². The minimum absolute atomic E-state index is 0.0279. The molecule has 2 aromatic heterocycles. The van der Waals surface area contributed by atoms with Gasteiger partial charge in [0.15, 0.2) is 0 Å². The van der Waals surface area contributed by atoms with Gasteiger partial charge in [-0.1, -0.05) is 6.07 Å². The highest BCUT2D eigenvalue weighted by Crippen LogP contribution is 2.22. The predicted octanol–water partition coefficient (Wildman–Crippen LogP) is 3.61. The molecule has 0 saturated carbocycles. The Balaban J connectivity index is 1.66. The van der Waals surface area contributed by atoms with Crippen LogP contribution in [-0.2, 0) is 10.0 Å². The lowest BCUT2D eigenvalue weighted by Gasteiger charge is -2.12. The highest BCUT2D eigenvalue weighted by molar-refractivity contribution is 7.89. The lowest BCUT2D eigenvalue weighted by atomic mass is 10.2. The molecule has 0 aliphatic carbocycles. The van der Waals surface area contributed by atoms with Crippen LogP contribution < -0.4 is 15.6 Å². The first kappa shape index (κ1) is 24.2. The minimum Gasteiger partial charge on any atom is -0.491 e. The lowest BCUT2D eigenvalue weighted by molar-refractivity contribution is 0.102. The summed E-state index contributed by atoms with van der Waals surface area (Å²) in [5.74, 6) is 0.217. The fourth-order valence-corrected chi connectivity index (χ4v) is 4.53. The second kappa shape index (κ2) is 9.40. The van der Waals surface area contributed by atoms with E-state index in [1.54, 1.807) is 48.5 Å². The summed E-state index contributed by atoms with van der Waals surface area (Å²) in [5.41, 5.74) is 1.37. The van der Waals surface area contributed by atoms with Crippen molar-refractivity contribution >= 4 is 32.7 Å². The number of hydrogen-bond donors (Lipinski definition) is 2. The smallest absolute Gasteiger partial charge is 0.272 e. The van der Waals surface area contributed by atoms with E-state index in [4.69, 9.17) is 4.74 Å². The Morgan fingerprint density at radius 1 is 1.03 bits per heavy atom. The number of amides is 1. The Morgan fingerprint density at radius 3 is 2.40 bits per heavy atom. The van der Waals surface area contributed by atoms with E-state index in [-0.39, 0.29) is 22.3 Å². The number of nitrogens with zero attached hydrogens (tertiary/aromatic N) is 2. The summed E-state index contributed by atoms with van der Waals surface area (Å²) < 4.78 is 33.1. The van der Waals surface area contributed by atoms with Crippen molar-refractivity contribution in [1.82, 2.24) is 13.9 Å². The zero-order valence-corrected chi connectivity index (χ0v) is 20.6. The summed E-state index contributed by atoms with van der Waals surface area (Å²) >= 11 is 0. The van der Waals surface area contributed by atoms with Gasteiger partial charge in [0.2, 0.25) is 10.0 Å². The van der Waals surface area contributed by atoms with Gasteiger partial charge in [-0.2, -0.15) is 0 Å². The second-order valence-electron chi connectivity index (χ2n) is 8.42. The molecular formula is C25H26N4O5S. The quantitative estimate of drug-likeness (QED) is 0.408. The van der Waals surface area contributed by atoms with E-state index in [9.17, 15) is 18.0 Å². The van der Waals surface area contributed by atoms with E-state index in [1.165, 1.54) is 36.9 Å². The van der Waals surface area contributed by atoms with Gasteiger partial charge in [-0.25, -0.2) is 12.7 Å². The molecule has 10 heteroatoms. The van der Waals surface area contributed by atoms with E-state index in [2.05, 4.69) is 10.3 Å². The SMILES string of the molecule is CC(C)Oc1ccc(-n2c(=O)ccc3cc(C(=O)Nc4cccc(S(=O)(=O)N(C)C)c4)[nH]c32)cc1. The summed E-state index contributed by atoms with van der Waals surface area (Å²) in [7, 11) is -0.764. The van der Waals surface area contributed by atoms with E-state index in [1.807, 2.05) is 13.8 Å². The summed E-state index contributed by atoms with van der Waals surface area (Å²) in [6.07, 6.45) is 0.0279. The molecule has 4 rings (SSSR count). The molecule has 4 aromatic rings. The predicted molar refractivity (Wildman–Crippen MR) is 135 cm³/mol. The number of H-pyrrole nitrogens is 1. The van der Waals surface area contributed by atoms with Crippen molar-refractivity contribution in [1.29, 1.82) is 0 Å². The number of pyridine rings is 1. The van der Waals surface area contributed by atoms with Crippen LogP contribution in [0, 0.1) is 0 Å². The van der Waals surface area contributed by atoms with Crippen molar-refractivity contribution in [2.45, 2.75) is 24.8 Å². The second-order valence-corrected chi connectivity index (χ2v) is 10.6. The summed E-state index contributed by atoms with van der Waals surface area (Å²) in [4.78, 5) is 28.7. The van der Waals surface area contributed by atoms with Gasteiger partial charge in [0.05, 0.1) is 16.7 Å². The first-order valence-corrected chi connectivity index (χ1v) is 12.4. The van der Waals surface area contributed by atoms with Crippen LogP contribution in [0.4, 0.5) is 5.69 Å². The average Bonchev–Trinajstić information content (AvgIpc) is 3.24. The third-order valence-electron chi connectivity index (χ3n) is 5.26. The standard InChI is InChI=1S/C25H26N4O5S/c1-16(2)34-20-11-9-19(10-12-20)29-23(30)13-8-17-14-22(27-24(17)29)25(31)26-18-6-5-7-21(15-18)35(32,33)28(3)4/h5-16,27H,1-4H3,(H,26,31). The Labute approximate surface area is 203 Å². The van der Waals surface area contributed by atoms with Crippen molar-refractivity contribution in [3.63, 3.8) is 0 Å². The van der Waals surface area contributed by atoms with Crippen LogP contribution in [0.25, 0.3) is 16.7 Å². The molecule has 0 aliphatic heterocycles. The van der Waals surface area contributed by atoms with Crippen molar-refractivity contribution < 1.29 is 17.9 Å². The molecule has 9 nitrogen and oxygen atoms in total. The van der Waals surface area contributed by atoms with E-state index in [0.717, 1.165) is 4.31 Å². The van der Waals surface area contributed by atoms with Gasteiger partial charge in [0, 0.05) is 31.2 Å². The van der Waals surface area contributed by atoms with Gasteiger partial charge in [0.1, 0.15) is 17.1 Å². The fraction of sp³-hybridized carbons (Fsp3) is 0.200. The maximum atomic E-state index is 13.0. The molecular weight excluding hydrogens is 468 g/mol. The Morgan fingerprint density at radius 2 is 1.74 bits per heavy atom. The summed E-state index contributed by atoms with van der Waals surface area (Å²) in [5, 5.41) is 3.38. The van der Waals surface area contributed by atoms with Crippen molar-refractivity contribution in [3.8, 4) is 11.4 Å². The van der Waals surface area contributed by atoms with E-state index >= 15 is 0 Å². The highest BCUT2D eigenvalue weighted by atomic mass is 32.2. The molecule has 0 bridgehead atoms. The minimum atomic E-state index is -3.64. The first-order valence-electron chi connectivity index (χ1n) is 10.9. The molecule has 1 amide bonds. The molecule has 2 aromatic carbocycles. The van der Waals surface area contributed by atoms with Crippen LogP contribution in [-0.4, -0.2) is 48.4 Å². The van der Waals surface area contributed by atoms with Gasteiger partial charge in [-0.3, -0.25) is 14.2 Å². The molecule has 2 N–H and O–H groups in total. The number of aromatic nitrogens is 2. The average molecular weight is 495 g/mol. The van der Waals surface area contributed by atoms with Crippen molar-refractivity contribution in [3.05, 3.63) is 82.8 Å². The van der Waals surface area contributed by atoms with Crippen LogP contribution in [0.1, 0.15) is 24.3 Å². The van der Waals surface area contributed by atoms with Gasteiger partial charge >= 0.3 is 0 Å². The molecule has 0 aliphatic rings. The number of carbonyl (C=O) groups excluding carboxylic acids is 1. The van der Waals surface area contributed by atoms with E-state index in [0.29, 0.717) is 28.2 Å². The number of rotatable bonds is 7. The molecule has 182 valence electrons. The number of ether oxygens (including phenoxy) is 1. The normalized spacial score (nSPS) is 11.8. The number of anilines is 1. The number of benzene rings is 2. The molecule has 0 spiro atoms. The summed E-state index contributed by atoms with van der Waals surface area (Å²) in [6.45, 7) is 3.87.